The summed E-state index contributed by atoms with van der Waals surface area (Å²) in [6.45, 7) is 0. The molecule has 6 aromatic rings. The Morgan fingerprint density at radius 2 is 1.21 bits per heavy atom. The molecule has 2 aliphatic rings. The van der Waals surface area contributed by atoms with Crippen LogP contribution in [-0.4, -0.2) is 4.57 Å². The fourth-order valence-electron chi connectivity index (χ4n) is 6.57. The van der Waals surface area contributed by atoms with E-state index in [1.54, 1.807) is 0 Å². The number of nitrogens with zero attached hydrogens (tertiary/aromatic N) is 1. The van der Waals surface area contributed by atoms with Crippen LogP contribution in [0.2, 0.25) is 0 Å². The molecule has 5 aromatic carbocycles. The minimum atomic E-state index is -0.369. The van der Waals surface area contributed by atoms with Gasteiger partial charge in [0.15, 0.2) is 0 Å². The minimum absolute atomic E-state index is 0.369. The molecule has 154 valence electrons. The largest absolute Gasteiger partial charge is 0.309 e. The van der Waals surface area contributed by atoms with Crippen molar-refractivity contribution in [3.8, 4) is 16.8 Å². The molecule has 0 fully saturated rings. The van der Waals surface area contributed by atoms with Gasteiger partial charge in [-0.05, 0) is 51.6 Å². The van der Waals surface area contributed by atoms with Crippen molar-refractivity contribution in [3.63, 3.8) is 0 Å². The monoisotopic (exact) mass is 483 g/mol. The Balaban J connectivity index is 1.72. The number of hydrogen-bond donors (Lipinski definition) is 0. The average Bonchev–Trinajstić information content (AvgIpc) is 3.36. The van der Waals surface area contributed by atoms with E-state index in [-0.39, 0.29) is 5.41 Å². The van der Waals surface area contributed by atoms with Crippen molar-refractivity contribution in [1.82, 2.24) is 4.57 Å². The van der Waals surface area contributed by atoms with E-state index in [0.29, 0.717) is 0 Å². The van der Waals surface area contributed by atoms with Gasteiger partial charge in [-0.2, -0.15) is 0 Å². The molecule has 1 aromatic heterocycles. The van der Waals surface area contributed by atoms with E-state index in [4.69, 9.17) is 0 Å². The Labute approximate surface area is 200 Å². The second-order valence-electron chi connectivity index (χ2n) is 9.03. The zero-order valence-electron chi connectivity index (χ0n) is 17.7. The Hall–Kier alpha value is -3.62. The molecule has 2 heterocycles. The minimum Gasteiger partial charge on any atom is -0.309 e. The van der Waals surface area contributed by atoms with Gasteiger partial charge >= 0.3 is 0 Å². The van der Waals surface area contributed by atoms with Crippen LogP contribution >= 0.6 is 15.9 Å². The van der Waals surface area contributed by atoms with Gasteiger partial charge < -0.3 is 4.57 Å². The summed E-state index contributed by atoms with van der Waals surface area (Å²) in [7, 11) is 0. The van der Waals surface area contributed by atoms with Gasteiger partial charge in [0.1, 0.15) is 0 Å². The van der Waals surface area contributed by atoms with Gasteiger partial charge in [0.05, 0.1) is 22.1 Å². The molecule has 0 amide bonds. The summed E-state index contributed by atoms with van der Waals surface area (Å²) in [5.74, 6) is 0. The van der Waals surface area contributed by atoms with E-state index in [1.165, 1.54) is 60.9 Å². The molecule has 1 atom stereocenters. The zero-order chi connectivity index (χ0) is 21.7. The molecular formula is C31H18BrN. The maximum Gasteiger partial charge on any atom is 0.0765 e. The van der Waals surface area contributed by atoms with Gasteiger partial charge in [-0.1, -0.05) is 107 Å². The lowest BCUT2D eigenvalue weighted by atomic mass is 9.65. The lowest BCUT2D eigenvalue weighted by molar-refractivity contribution is 0.745. The number of halogens is 1. The first-order chi connectivity index (χ1) is 16.3. The second kappa shape index (κ2) is 6.03. The van der Waals surface area contributed by atoms with Gasteiger partial charge in [-0.3, -0.25) is 0 Å². The smallest absolute Gasteiger partial charge is 0.0765 e. The van der Waals surface area contributed by atoms with E-state index in [2.05, 4.69) is 130 Å². The predicted octanol–water partition coefficient (Wildman–Crippen LogP) is 8.22. The maximum absolute atomic E-state index is 3.98. The van der Waals surface area contributed by atoms with E-state index in [1.807, 2.05) is 0 Å². The first kappa shape index (κ1) is 17.9. The van der Waals surface area contributed by atoms with Crippen LogP contribution in [0.1, 0.15) is 22.3 Å². The third-order valence-corrected chi connectivity index (χ3v) is 8.32. The number of fused-ring (bicyclic) bond motifs is 12. The van der Waals surface area contributed by atoms with Crippen molar-refractivity contribution in [2.75, 3.05) is 0 Å². The zero-order valence-corrected chi connectivity index (χ0v) is 19.3. The van der Waals surface area contributed by atoms with E-state index in [9.17, 15) is 0 Å². The molecule has 33 heavy (non-hydrogen) atoms. The number of benzene rings is 5. The lowest BCUT2D eigenvalue weighted by Gasteiger charge is -2.40. The summed E-state index contributed by atoms with van der Waals surface area (Å²) in [6.07, 6.45) is 0. The third kappa shape index (κ3) is 1.92. The molecule has 0 bridgehead atoms. The summed E-state index contributed by atoms with van der Waals surface area (Å²) in [6, 6.07) is 40.2. The molecular weight excluding hydrogens is 466 g/mol. The molecule has 1 nitrogen and oxygen atoms in total. The van der Waals surface area contributed by atoms with Crippen LogP contribution in [0.3, 0.4) is 0 Å². The summed E-state index contributed by atoms with van der Waals surface area (Å²) in [4.78, 5) is 0. The van der Waals surface area contributed by atoms with Crippen LogP contribution in [0.25, 0.3) is 38.6 Å². The van der Waals surface area contributed by atoms with Crippen molar-refractivity contribution < 1.29 is 0 Å². The molecule has 1 aliphatic heterocycles. The first-order valence-corrected chi connectivity index (χ1v) is 12.1. The highest BCUT2D eigenvalue weighted by molar-refractivity contribution is 9.10. The fourth-order valence-corrected chi connectivity index (χ4v) is 7.23. The van der Waals surface area contributed by atoms with E-state index >= 15 is 0 Å². The summed E-state index contributed by atoms with van der Waals surface area (Å²) in [5.41, 5.74) is 11.5. The van der Waals surface area contributed by atoms with Crippen molar-refractivity contribution in [2.45, 2.75) is 5.41 Å². The van der Waals surface area contributed by atoms with Gasteiger partial charge in [0.25, 0.3) is 0 Å². The highest BCUT2D eigenvalue weighted by atomic mass is 79.9. The van der Waals surface area contributed by atoms with Crippen molar-refractivity contribution >= 4 is 37.7 Å². The first-order valence-electron chi connectivity index (χ1n) is 11.3. The average molecular weight is 484 g/mol. The molecule has 8 rings (SSSR count). The Morgan fingerprint density at radius 3 is 2.15 bits per heavy atom. The van der Waals surface area contributed by atoms with Gasteiger partial charge in [0.2, 0.25) is 0 Å². The molecule has 0 saturated carbocycles. The Morgan fingerprint density at radius 1 is 0.545 bits per heavy atom. The van der Waals surface area contributed by atoms with Crippen molar-refractivity contribution in [2.24, 2.45) is 0 Å². The van der Waals surface area contributed by atoms with Crippen LogP contribution < -0.4 is 0 Å². The summed E-state index contributed by atoms with van der Waals surface area (Å²) in [5, 5.41) is 2.62. The lowest BCUT2D eigenvalue weighted by Crippen LogP contribution is -2.33. The number of aromatic nitrogens is 1. The summed E-state index contributed by atoms with van der Waals surface area (Å²) >= 11 is 3.98. The van der Waals surface area contributed by atoms with Crippen LogP contribution in [0.15, 0.2) is 114 Å². The van der Waals surface area contributed by atoms with Crippen LogP contribution in [0.5, 0.6) is 0 Å². The topological polar surface area (TPSA) is 4.93 Å². The maximum atomic E-state index is 3.98. The van der Waals surface area contributed by atoms with Crippen LogP contribution in [0, 0.1) is 0 Å². The summed E-state index contributed by atoms with van der Waals surface area (Å²) < 4.78 is 3.64. The fraction of sp³-hybridized carbons (Fsp3) is 0.0323. The second-order valence-corrected chi connectivity index (χ2v) is 9.88. The highest BCUT2D eigenvalue weighted by Gasteiger charge is 2.51. The number of para-hydroxylation sites is 3. The highest BCUT2D eigenvalue weighted by Crippen LogP contribution is 2.62. The third-order valence-electron chi connectivity index (χ3n) is 7.66. The molecule has 1 unspecified atom stereocenters. The van der Waals surface area contributed by atoms with Crippen molar-refractivity contribution in [3.05, 3.63) is 136 Å². The van der Waals surface area contributed by atoms with Crippen LogP contribution in [-0.2, 0) is 5.41 Å². The predicted molar refractivity (Wildman–Crippen MR) is 139 cm³/mol. The quantitative estimate of drug-likeness (QED) is 0.204. The Bertz CT molecular complexity index is 1790. The van der Waals surface area contributed by atoms with Crippen LogP contribution in [0.4, 0.5) is 0 Å². The van der Waals surface area contributed by atoms with Gasteiger partial charge in [-0.15, -0.1) is 0 Å². The SMILES string of the molecule is Brc1cccc2c1C1(c3ccccc3-2)c2ccccc2-n2c3ccccc3c3cccc1c32. The molecule has 1 aliphatic carbocycles. The molecule has 0 radical (unpaired) electrons. The van der Waals surface area contributed by atoms with Gasteiger partial charge in [-0.25, -0.2) is 0 Å². The Kier molecular flexibility index (Phi) is 3.27. The standard InChI is InChI=1S/C31H18BrN/c32-26-16-8-11-21-19-9-1-3-13-23(19)31(29(21)26)24-14-4-6-18-28(24)33-27-17-5-2-10-20(27)22-12-7-15-25(31)30(22)33/h1-18H. The normalized spacial score (nSPS) is 17.4. The number of hydrogen-bond acceptors (Lipinski definition) is 0. The molecule has 2 heteroatoms. The number of rotatable bonds is 0. The molecule has 0 saturated heterocycles. The van der Waals surface area contributed by atoms with E-state index < -0.39 is 0 Å². The molecule has 0 N–H and O–H groups in total. The molecule has 1 spiro atoms. The van der Waals surface area contributed by atoms with Gasteiger partial charge in [0, 0.05) is 15.2 Å². The van der Waals surface area contributed by atoms with Crippen molar-refractivity contribution in [1.29, 1.82) is 0 Å². The van der Waals surface area contributed by atoms with E-state index in [0.717, 1.165) is 4.47 Å².